The van der Waals surface area contributed by atoms with E-state index >= 15 is 0 Å². The van der Waals surface area contributed by atoms with Crippen molar-refractivity contribution in [3.63, 3.8) is 0 Å². The fourth-order valence-electron chi connectivity index (χ4n) is 4.44. The number of carbonyl (C=O) groups excluding carboxylic acids is 1. The molecule has 37 heavy (non-hydrogen) atoms. The van der Waals surface area contributed by atoms with E-state index in [4.69, 9.17) is 10.1 Å². The average molecular weight is 501 g/mol. The third-order valence-corrected chi connectivity index (χ3v) is 6.47. The van der Waals surface area contributed by atoms with E-state index in [1.807, 2.05) is 42.6 Å². The lowest BCUT2D eigenvalue weighted by Gasteiger charge is -2.33. The average Bonchev–Trinajstić information content (AvgIpc) is 3.43. The molecule has 0 aliphatic carbocycles. The molecule has 2 aliphatic rings. The molecule has 1 unspecified atom stereocenters. The number of piperazine rings is 1. The molecule has 11 heteroatoms. The Morgan fingerprint density at radius 1 is 1.11 bits per heavy atom. The highest BCUT2D eigenvalue weighted by Crippen LogP contribution is 2.24. The Bertz CT molecular complexity index is 1330. The number of allylic oxidation sites excluding steroid dienone is 1. The van der Waals surface area contributed by atoms with Crippen molar-refractivity contribution in [2.24, 2.45) is 4.99 Å². The van der Waals surface area contributed by atoms with E-state index in [-0.39, 0.29) is 12.2 Å². The number of aromatic amines is 1. The van der Waals surface area contributed by atoms with Crippen molar-refractivity contribution < 1.29 is 14.7 Å². The van der Waals surface area contributed by atoms with E-state index in [0.717, 1.165) is 34.8 Å². The Kier molecular flexibility index (Phi) is 6.84. The summed E-state index contributed by atoms with van der Waals surface area (Å²) in [6.45, 7) is 4.15. The van der Waals surface area contributed by atoms with Crippen molar-refractivity contribution in [2.45, 2.75) is 13.2 Å². The van der Waals surface area contributed by atoms with Crippen LogP contribution in [-0.4, -0.2) is 91.7 Å². The molecule has 2 amide bonds. The number of aromatic nitrogens is 3. The van der Waals surface area contributed by atoms with Gasteiger partial charge in [-0.25, -0.2) is 9.79 Å². The number of rotatable bonds is 6. The van der Waals surface area contributed by atoms with Crippen LogP contribution in [0.5, 0.6) is 0 Å². The van der Waals surface area contributed by atoms with Crippen LogP contribution in [0.15, 0.2) is 72.3 Å². The van der Waals surface area contributed by atoms with Gasteiger partial charge in [0.1, 0.15) is 0 Å². The van der Waals surface area contributed by atoms with Crippen LogP contribution >= 0.6 is 0 Å². The predicted molar refractivity (Wildman–Crippen MR) is 139 cm³/mol. The number of carboxylic acid groups (broad SMARTS) is 1. The molecule has 0 spiro atoms. The molecule has 1 saturated heterocycles. The molecule has 0 saturated carbocycles. The van der Waals surface area contributed by atoms with Gasteiger partial charge in [0.05, 0.1) is 17.6 Å². The van der Waals surface area contributed by atoms with Gasteiger partial charge in [-0.05, 0) is 43.3 Å². The van der Waals surface area contributed by atoms with Crippen molar-refractivity contribution >= 4 is 23.4 Å². The molecule has 3 N–H and O–H groups in total. The summed E-state index contributed by atoms with van der Waals surface area (Å²) in [5.74, 6) is -0.117. The number of amides is 2. The van der Waals surface area contributed by atoms with Crippen LogP contribution in [0, 0.1) is 0 Å². The lowest BCUT2D eigenvalue weighted by Crippen LogP contribution is -2.50. The second-order valence-electron chi connectivity index (χ2n) is 8.72. The fourth-order valence-corrected chi connectivity index (χ4v) is 4.44. The van der Waals surface area contributed by atoms with Crippen molar-refractivity contribution in [3.8, 4) is 11.3 Å². The van der Waals surface area contributed by atoms with Crippen LogP contribution in [0.25, 0.3) is 11.3 Å². The van der Waals surface area contributed by atoms with E-state index < -0.39 is 6.09 Å². The molecule has 1 atom stereocenters. The maximum absolute atomic E-state index is 13.1. The summed E-state index contributed by atoms with van der Waals surface area (Å²) >= 11 is 0. The lowest BCUT2D eigenvalue weighted by molar-refractivity contribution is 0.0625. The van der Waals surface area contributed by atoms with Crippen molar-refractivity contribution in [1.82, 2.24) is 29.9 Å². The third kappa shape index (κ3) is 5.15. The molecule has 5 rings (SSSR count). The molecule has 0 radical (unpaired) electrons. The van der Waals surface area contributed by atoms with Crippen molar-refractivity contribution in [1.29, 1.82) is 0 Å². The second-order valence-corrected chi connectivity index (χ2v) is 8.72. The Labute approximate surface area is 214 Å². The first-order valence-corrected chi connectivity index (χ1v) is 12.1. The summed E-state index contributed by atoms with van der Waals surface area (Å²) in [6.07, 6.45) is 7.88. The summed E-state index contributed by atoms with van der Waals surface area (Å²) in [6, 6.07) is 11.2. The molecule has 3 aromatic rings. The number of benzene rings is 1. The summed E-state index contributed by atoms with van der Waals surface area (Å²) < 4.78 is 0. The summed E-state index contributed by atoms with van der Waals surface area (Å²) in [5.41, 5.74) is 4.71. The van der Waals surface area contributed by atoms with Gasteiger partial charge in [0.15, 0.2) is 6.29 Å². The van der Waals surface area contributed by atoms with Gasteiger partial charge in [-0.1, -0.05) is 6.07 Å². The number of aliphatic imine (C=N–C) groups is 1. The van der Waals surface area contributed by atoms with E-state index in [0.29, 0.717) is 31.7 Å². The van der Waals surface area contributed by atoms with E-state index in [9.17, 15) is 9.59 Å². The first-order valence-electron chi connectivity index (χ1n) is 12.1. The zero-order chi connectivity index (χ0) is 25.8. The van der Waals surface area contributed by atoms with Crippen LogP contribution in [-0.2, 0) is 0 Å². The van der Waals surface area contributed by atoms with Crippen molar-refractivity contribution in [3.05, 3.63) is 78.4 Å². The van der Waals surface area contributed by atoms with Gasteiger partial charge in [0.2, 0.25) is 0 Å². The van der Waals surface area contributed by atoms with E-state index in [1.165, 1.54) is 4.90 Å². The highest BCUT2D eigenvalue weighted by atomic mass is 16.4. The number of hydrogen-bond acceptors (Lipinski definition) is 7. The minimum absolute atomic E-state index is 0.117. The summed E-state index contributed by atoms with van der Waals surface area (Å²) in [7, 11) is 0. The predicted octanol–water partition coefficient (Wildman–Crippen LogP) is 2.94. The number of carbonyl (C=O) groups is 2. The zero-order valence-corrected chi connectivity index (χ0v) is 20.4. The van der Waals surface area contributed by atoms with Gasteiger partial charge in [0, 0.05) is 73.7 Å². The Balaban J connectivity index is 1.34. The minimum atomic E-state index is -0.955. The molecule has 190 valence electrons. The first kappa shape index (κ1) is 24.0. The van der Waals surface area contributed by atoms with Gasteiger partial charge in [-0.3, -0.25) is 14.9 Å². The van der Waals surface area contributed by atoms with Gasteiger partial charge in [-0.2, -0.15) is 5.10 Å². The molecule has 11 nitrogen and oxygen atoms in total. The molecule has 2 aliphatic heterocycles. The third-order valence-electron chi connectivity index (χ3n) is 6.47. The van der Waals surface area contributed by atoms with E-state index in [1.54, 1.807) is 29.6 Å². The summed E-state index contributed by atoms with van der Waals surface area (Å²) in [4.78, 5) is 38.5. The van der Waals surface area contributed by atoms with Crippen molar-refractivity contribution in [2.75, 3.05) is 38.0 Å². The topological polar surface area (TPSA) is 130 Å². The van der Waals surface area contributed by atoms with Crippen LogP contribution < -0.4 is 5.32 Å². The lowest BCUT2D eigenvalue weighted by atomic mass is 10.1. The number of anilines is 1. The van der Waals surface area contributed by atoms with Gasteiger partial charge in [-0.15, -0.1) is 0 Å². The van der Waals surface area contributed by atoms with Crippen LogP contribution in [0.3, 0.4) is 0 Å². The van der Waals surface area contributed by atoms with Crippen LogP contribution in [0.4, 0.5) is 10.5 Å². The molecular weight excluding hydrogens is 472 g/mol. The number of nitrogens with zero attached hydrogens (tertiary/aromatic N) is 6. The van der Waals surface area contributed by atoms with Crippen LogP contribution in [0.2, 0.25) is 0 Å². The highest BCUT2D eigenvalue weighted by molar-refractivity contribution is 6.12. The Morgan fingerprint density at radius 2 is 1.92 bits per heavy atom. The van der Waals surface area contributed by atoms with Gasteiger partial charge in [0.25, 0.3) is 5.91 Å². The molecule has 0 bridgehead atoms. The number of hydrogen-bond donors (Lipinski definition) is 3. The number of pyridine rings is 1. The number of H-pyrrole nitrogens is 1. The smallest absolute Gasteiger partial charge is 0.407 e. The molecule has 2 aromatic heterocycles. The number of nitrogens with one attached hydrogen (secondary N) is 2. The first-order chi connectivity index (χ1) is 18.0. The van der Waals surface area contributed by atoms with Gasteiger partial charge < -0.3 is 25.1 Å². The Morgan fingerprint density at radius 3 is 2.65 bits per heavy atom. The summed E-state index contributed by atoms with van der Waals surface area (Å²) in [5, 5.41) is 19.9. The monoisotopic (exact) mass is 500 g/mol. The maximum atomic E-state index is 13.1. The normalized spacial score (nSPS) is 17.5. The van der Waals surface area contributed by atoms with E-state index in [2.05, 4.69) is 32.3 Å². The molecule has 1 aromatic carbocycles. The molecule has 1 fully saturated rings. The molecular formula is C26H28N8O3. The quantitative estimate of drug-likeness (QED) is 0.474. The largest absolute Gasteiger partial charge is 0.465 e. The fraction of sp³-hybridized carbons (Fsp3) is 0.269. The highest BCUT2D eigenvalue weighted by Gasteiger charge is 2.25. The Hall–Kier alpha value is -4.67. The van der Waals surface area contributed by atoms with Crippen LogP contribution in [0.1, 0.15) is 22.8 Å². The standard InChI is InChI=1S/C26H28N8O3/c1-2-32-10-8-22(21-17-28-31-23(21)19-6-4-9-27-16-19)30-25(32)29-20-7-3-5-18(15-20)24(35)33-11-13-34(14-12-33)26(36)37/h3-10,15-17,25,29H,2,11-14H2,1H3,(H,28,31)(H,36,37). The maximum Gasteiger partial charge on any atom is 0.407 e. The minimum Gasteiger partial charge on any atom is -0.465 e. The SMILES string of the molecule is CCN1C=CC(c2cn[nH]c2-c2cccnc2)=NC1Nc1cccc(C(=O)N2CCN(C(=O)O)CC2)c1. The second kappa shape index (κ2) is 10.5. The van der Waals surface area contributed by atoms with Gasteiger partial charge >= 0.3 is 6.09 Å². The molecule has 4 heterocycles. The zero-order valence-electron chi connectivity index (χ0n) is 20.4.